The SMILES string of the molecule is O[C@@H](COCc1ccccc1)C[NH+]1CCCC1. The zero-order valence-corrected chi connectivity index (χ0v) is 10.3. The largest absolute Gasteiger partial charge is 0.385 e. The Kier molecular flexibility index (Phi) is 4.98. The second kappa shape index (κ2) is 6.74. The Hall–Kier alpha value is -0.900. The van der Waals surface area contributed by atoms with Gasteiger partial charge in [-0.3, -0.25) is 0 Å². The Morgan fingerprint density at radius 2 is 1.88 bits per heavy atom. The molecule has 1 saturated heterocycles. The van der Waals surface area contributed by atoms with Gasteiger partial charge in [0.25, 0.3) is 0 Å². The van der Waals surface area contributed by atoms with E-state index in [1.165, 1.54) is 30.8 Å². The van der Waals surface area contributed by atoms with Gasteiger partial charge in [-0.2, -0.15) is 0 Å². The quantitative estimate of drug-likeness (QED) is 0.742. The Labute approximate surface area is 103 Å². The number of hydrogen-bond acceptors (Lipinski definition) is 2. The molecule has 1 heterocycles. The fourth-order valence-electron chi connectivity index (χ4n) is 2.36. The Morgan fingerprint density at radius 3 is 2.59 bits per heavy atom. The first-order valence-corrected chi connectivity index (χ1v) is 6.48. The van der Waals surface area contributed by atoms with Gasteiger partial charge < -0.3 is 14.7 Å². The summed E-state index contributed by atoms with van der Waals surface area (Å²) in [5, 5.41) is 9.84. The van der Waals surface area contributed by atoms with Crippen molar-refractivity contribution in [3.8, 4) is 0 Å². The molecule has 0 aliphatic carbocycles. The number of likely N-dealkylation sites (tertiary alicyclic amines) is 1. The van der Waals surface area contributed by atoms with Gasteiger partial charge in [0, 0.05) is 12.8 Å². The van der Waals surface area contributed by atoms with E-state index in [0.29, 0.717) is 13.2 Å². The lowest BCUT2D eigenvalue weighted by Gasteiger charge is -2.16. The van der Waals surface area contributed by atoms with Crippen molar-refractivity contribution in [2.24, 2.45) is 0 Å². The number of nitrogens with one attached hydrogen (secondary N) is 1. The van der Waals surface area contributed by atoms with Crippen molar-refractivity contribution in [1.82, 2.24) is 0 Å². The lowest BCUT2D eigenvalue weighted by molar-refractivity contribution is -0.890. The maximum atomic E-state index is 9.84. The fourth-order valence-corrected chi connectivity index (χ4v) is 2.36. The summed E-state index contributed by atoms with van der Waals surface area (Å²) < 4.78 is 5.53. The average Bonchev–Trinajstić information content (AvgIpc) is 2.83. The monoisotopic (exact) mass is 236 g/mol. The summed E-state index contributed by atoms with van der Waals surface area (Å²) in [4.78, 5) is 1.51. The van der Waals surface area contributed by atoms with E-state index in [9.17, 15) is 5.11 Å². The van der Waals surface area contributed by atoms with E-state index in [0.717, 1.165) is 12.1 Å². The summed E-state index contributed by atoms with van der Waals surface area (Å²) in [7, 11) is 0. The zero-order chi connectivity index (χ0) is 11.9. The number of rotatable bonds is 6. The van der Waals surface area contributed by atoms with Crippen molar-refractivity contribution in [3.63, 3.8) is 0 Å². The molecule has 1 aromatic carbocycles. The molecule has 1 aliphatic heterocycles. The molecule has 0 aromatic heterocycles. The maximum Gasteiger partial charge on any atom is 0.126 e. The molecule has 0 amide bonds. The van der Waals surface area contributed by atoms with Crippen LogP contribution in [0, 0.1) is 0 Å². The van der Waals surface area contributed by atoms with Crippen LogP contribution < -0.4 is 4.90 Å². The lowest BCUT2D eigenvalue weighted by Crippen LogP contribution is -3.11. The van der Waals surface area contributed by atoms with Gasteiger partial charge in [-0.05, 0) is 5.56 Å². The number of aliphatic hydroxyl groups excluding tert-OH is 1. The van der Waals surface area contributed by atoms with E-state index in [1.54, 1.807) is 0 Å². The van der Waals surface area contributed by atoms with E-state index in [2.05, 4.69) is 0 Å². The van der Waals surface area contributed by atoms with Crippen molar-refractivity contribution in [3.05, 3.63) is 35.9 Å². The molecule has 3 nitrogen and oxygen atoms in total. The van der Waals surface area contributed by atoms with Crippen LogP contribution in [0.3, 0.4) is 0 Å². The van der Waals surface area contributed by atoms with Gasteiger partial charge in [0.05, 0.1) is 26.3 Å². The summed E-state index contributed by atoms with van der Waals surface area (Å²) in [5.41, 5.74) is 1.16. The van der Waals surface area contributed by atoms with Crippen molar-refractivity contribution in [2.45, 2.75) is 25.6 Å². The minimum absolute atomic E-state index is 0.327. The average molecular weight is 236 g/mol. The highest BCUT2D eigenvalue weighted by molar-refractivity contribution is 5.13. The highest BCUT2D eigenvalue weighted by atomic mass is 16.5. The summed E-state index contributed by atoms with van der Waals surface area (Å²) in [6, 6.07) is 10.1. The van der Waals surface area contributed by atoms with Crippen molar-refractivity contribution >= 4 is 0 Å². The Balaban J connectivity index is 1.61. The predicted molar refractivity (Wildman–Crippen MR) is 66.9 cm³/mol. The highest BCUT2D eigenvalue weighted by Gasteiger charge is 2.19. The topological polar surface area (TPSA) is 33.9 Å². The van der Waals surface area contributed by atoms with Gasteiger partial charge in [-0.1, -0.05) is 30.3 Å². The molecular weight excluding hydrogens is 214 g/mol. The van der Waals surface area contributed by atoms with Crippen LogP contribution in [0.4, 0.5) is 0 Å². The van der Waals surface area contributed by atoms with Crippen LogP contribution in [0.2, 0.25) is 0 Å². The van der Waals surface area contributed by atoms with E-state index >= 15 is 0 Å². The molecule has 0 saturated carbocycles. The van der Waals surface area contributed by atoms with Crippen molar-refractivity contribution in [1.29, 1.82) is 0 Å². The number of benzene rings is 1. The normalized spacial score (nSPS) is 18.4. The second-order valence-electron chi connectivity index (χ2n) is 4.82. The molecule has 1 fully saturated rings. The van der Waals surface area contributed by atoms with Gasteiger partial charge >= 0.3 is 0 Å². The first kappa shape index (κ1) is 12.6. The fraction of sp³-hybridized carbons (Fsp3) is 0.571. The molecule has 0 radical (unpaired) electrons. The second-order valence-corrected chi connectivity index (χ2v) is 4.82. The number of quaternary nitrogens is 1. The van der Waals surface area contributed by atoms with E-state index in [4.69, 9.17) is 4.74 Å². The molecule has 2 rings (SSSR count). The minimum atomic E-state index is -0.327. The number of aliphatic hydroxyl groups is 1. The summed E-state index contributed by atoms with van der Waals surface area (Å²) in [6.07, 6.45) is 2.27. The smallest absolute Gasteiger partial charge is 0.126 e. The molecular formula is C14H22NO2+. The van der Waals surface area contributed by atoms with Gasteiger partial charge in [-0.25, -0.2) is 0 Å². The number of ether oxygens (including phenoxy) is 1. The lowest BCUT2D eigenvalue weighted by atomic mass is 10.2. The third kappa shape index (κ3) is 4.46. The molecule has 0 unspecified atom stereocenters. The molecule has 1 atom stereocenters. The maximum absolute atomic E-state index is 9.84. The van der Waals surface area contributed by atoms with E-state index < -0.39 is 0 Å². The van der Waals surface area contributed by atoms with Gasteiger partial charge in [0.2, 0.25) is 0 Å². The predicted octanol–water partition coefficient (Wildman–Crippen LogP) is 0.243. The molecule has 17 heavy (non-hydrogen) atoms. The van der Waals surface area contributed by atoms with Crippen LogP contribution in [0.15, 0.2) is 30.3 Å². The van der Waals surface area contributed by atoms with E-state index in [1.807, 2.05) is 30.3 Å². The highest BCUT2D eigenvalue weighted by Crippen LogP contribution is 2.00. The van der Waals surface area contributed by atoms with Gasteiger partial charge in [0.15, 0.2) is 0 Å². The zero-order valence-electron chi connectivity index (χ0n) is 10.3. The van der Waals surface area contributed by atoms with Crippen molar-refractivity contribution in [2.75, 3.05) is 26.2 Å². The van der Waals surface area contributed by atoms with Gasteiger partial charge in [-0.15, -0.1) is 0 Å². The Morgan fingerprint density at radius 1 is 1.18 bits per heavy atom. The third-order valence-electron chi connectivity index (χ3n) is 3.26. The molecule has 94 valence electrons. The minimum Gasteiger partial charge on any atom is -0.385 e. The molecule has 1 aliphatic rings. The summed E-state index contributed by atoms with van der Waals surface area (Å²) in [6.45, 7) is 4.27. The van der Waals surface area contributed by atoms with E-state index in [-0.39, 0.29) is 6.10 Å². The first-order chi connectivity index (χ1) is 8.34. The Bertz CT molecular complexity index is 309. The molecule has 0 bridgehead atoms. The summed E-state index contributed by atoms with van der Waals surface area (Å²) >= 11 is 0. The standard InChI is InChI=1S/C14H21NO2/c16-14(10-15-8-4-5-9-15)12-17-11-13-6-2-1-3-7-13/h1-3,6-7,14,16H,4-5,8-12H2/p+1/t14-/m1/s1. The van der Waals surface area contributed by atoms with Crippen LogP contribution in [0.1, 0.15) is 18.4 Å². The first-order valence-electron chi connectivity index (χ1n) is 6.48. The number of hydrogen-bond donors (Lipinski definition) is 2. The molecule has 0 spiro atoms. The third-order valence-corrected chi connectivity index (χ3v) is 3.26. The van der Waals surface area contributed by atoms with Crippen LogP contribution in [-0.4, -0.2) is 37.5 Å². The molecule has 2 N–H and O–H groups in total. The van der Waals surface area contributed by atoms with Crippen molar-refractivity contribution < 1.29 is 14.7 Å². The van der Waals surface area contributed by atoms with Gasteiger partial charge in [0.1, 0.15) is 12.6 Å². The van der Waals surface area contributed by atoms with Crippen LogP contribution in [0.25, 0.3) is 0 Å². The van der Waals surface area contributed by atoms with Crippen LogP contribution in [-0.2, 0) is 11.3 Å². The van der Waals surface area contributed by atoms with Crippen LogP contribution >= 0.6 is 0 Å². The molecule has 1 aromatic rings. The van der Waals surface area contributed by atoms with Crippen LogP contribution in [0.5, 0.6) is 0 Å². The summed E-state index contributed by atoms with van der Waals surface area (Å²) in [5.74, 6) is 0. The molecule has 3 heteroatoms.